The molecule has 1 aliphatic rings. The normalized spacial score (nSPS) is 15.0. The fourth-order valence-electron chi connectivity index (χ4n) is 4.60. The molecule has 1 aromatic carbocycles. The van der Waals surface area contributed by atoms with Crippen LogP contribution in [0.5, 0.6) is 5.75 Å². The van der Waals surface area contributed by atoms with Gasteiger partial charge < -0.3 is 25.2 Å². The summed E-state index contributed by atoms with van der Waals surface area (Å²) in [5.74, 6) is 2.38. The molecule has 11 heteroatoms. The van der Waals surface area contributed by atoms with Gasteiger partial charge in [-0.15, -0.1) is 0 Å². The Labute approximate surface area is 210 Å². The minimum atomic E-state index is 0.190. The molecule has 0 bridgehead atoms. The van der Waals surface area contributed by atoms with Gasteiger partial charge in [-0.3, -0.25) is 9.58 Å². The molecule has 0 atom stereocenters. The molecule has 11 nitrogen and oxygen atoms in total. The Bertz CT molecular complexity index is 1360. The molecule has 3 aromatic heterocycles. The van der Waals surface area contributed by atoms with E-state index in [2.05, 4.69) is 55.5 Å². The number of anilines is 2. The van der Waals surface area contributed by atoms with Crippen molar-refractivity contribution >= 4 is 22.8 Å². The molecule has 1 fully saturated rings. The van der Waals surface area contributed by atoms with Crippen molar-refractivity contribution in [2.75, 3.05) is 51.4 Å². The smallest absolute Gasteiger partial charge is 0.222 e. The highest BCUT2D eigenvalue weighted by Crippen LogP contribution is 2.28. The molecule has 0 amide bonds. The van der Waals surface area contributed by atoms with Crippen LogP contribution >= 0.6 is 0 Å². The third kappa shape index (κ3) is 5.12. The first-order chi connectivity index (χ1) is 17.4. The molecule has 5 rings (SSSR count). The van der Waals surface area contributed by atoms with Gasteiger partial charge in [0.15, 0.2) is 5.82 Å². The van der Waals surface area contributed by atoms with Gasteiger partial charge in [0.25, 0.3) is 0 Å². The van der Waals surface area contributed by atoms with Crippen LogP contribution < -0.4 is 15.8 Å². The molecular weight excluding hydrogens is 458 g/mol. The van der Waals surface area contributed by atoms with Gasteiger partial charge in [-0.2, -0.15) is 10.1 Å². The van der Waals surface area contributed by atoms with E-state index in [4.69, 9.17) is 20.1 Å². The second-order valence-corrected chi connectivity index (χ2v) is 9.38. The lowest BCUT2D eigenvalue weighted by molar-refractivity contribution is 0.148. The van der Waals surface area contributed by atoms with E-state index in [1.165, 1.54) is 5.56 Å². The number of hydrogen-bond donors (Lipinski definition) is 2. The molecule has 0 spiro atoms. The SMILES string of the molecule is COc1cc(CN2CCN(C)CC2)ccc1Cn1nc(C)c2nc(N)nc(NCc3cc(C)on3)c21. The lowest BCUT2D eigenvalue weighted by Crippen LogP contribution is -2.43. The lowest BCUT2D eigenvalue weighted by Gasteiger charge is -2.32. The number of rotatable bonds is 8. The first-order valence-electron chi connectivity index (χ1n) is 12.1. The van der Waals surface area contributed by atoms with Crippen LogP contribution in [0.3, 0.4) is 0 Å². The molecule has 1 aliphatic heterocycles. The first-order valence-corrected chi connectivity index (χ1v) is 12.1. The fourth-order valence-corrected chi connectivity index (χ4v) is 4.60. The molecule has 1 saturated heterocycles. The summed E-state index contributed by atoms with van der Waals surface area (Å²) in [5.41, 5.74) is 11.3. The van der Waals surface area contributed by atoms with Gasteiger partial charge in [0.05, 0.1) is 25.9 Å². The number of fused-ring (bicyclic) bond motifs is 1. The Kier molecular flexibility index (Phi) is 6.75. The number of methoxy groups -OCH3 is 1. The largest absolute Gasteiger partial charge is 0.496 e. The highest BCUT2D eigenvalue weighted by molar-refractivity contribution is 5.88. The zero-order chi connectivity index (χ0) is 25.2. The van der Waals surface area contributed by atoms with E-state index in [0.717, 1.165) is 66.7 Å². The van der Waals surface area contributed by atoms with Crippen LogP contribution in [0.4, 0.5) is 11.8 Å². The standard InChI is InChI=1S/C25H33N9O2/c1-16-11-20(31-36-16)13-27-24-23-22(28-25(26)29-24)17(2)30-34(23)15-19-6-5-18(12-21(19)35-4)14-33-9-7-32(3)8-10-33/h5-6,11-12H,7-10,13-15H2,1-4H3,(H3,26,27,28,29). The van der Waals surface area contributed by atoms with Crippen LogP contribution in [0.2, 0.25) is 0 Å². The number of nitrogens with two attached hydrogens (primary N) is 1. The second-order valence-electron chi connectivity index (χ2n) is 9.38. The maximum absolute atomic E-state index is 6.02. The van der Waals surface area contributed by atoms with E-state index in [-0.39, 0.29) is 5.95 Å². The number of ether oxygens (including phenoxy) is 1. The average molecular weight is 492 g/mol. The summed E-state index contributed by atoms with van der Waals surface area (Å²) in [7, 11) is 3.88. The van der Waals surface area contributed by atoms with Crippen molar-refractivity contribution in [3.63, 3.8) is 0 Å². The van der Waals surface area contributed by atoms with Gasteiger partial charge in [0.1, 0.15) is 28.2 Å². The maximum atomic E-state index is 6.02. The molecule has 0 radical (unpaired) electrons. The highest BCUT2D eigenvalue weighted by atomic mass is 16.5. The van der Waals surface area contributed by atoms with Crippen molar-refractivity contribution in [2.24, 2.45) is 0 Å². The van der Waals surface area contributed by atoms with Gasteiger partial charge in [-0.1, -0.05) is 17.3 Å². The van der Waals surface area contributed by atoms with Crippen LogP contribution in [0.1, 0.15) is 28.3 Å². The molecule has 0 saturated carbocycles. The molecule has 36 heavy (non-hydrogen) atoms. The third-order valence-corrected chi connectivity index (χ3v) is 6.56. The number of piperazine rings is 1. The first kappa shape index (κ1) is 24.0. The summed E-state index contributed by atoms with van der Waals surface area (Å²) in [5, 5.41) is 12.1. The molecule has 3 N–H and O–H groups in total. The lowest BCUT2D eigenvalue weighted by atomic mass is 10.1. The zero-order valence-electron chi connectivity index (χ0n) is 21.3. The molecule has 0 aliphatic carbocycles. The number of nitrogen functional groups attached to an aromatic ring is 1. The third-order valence-electron chi connectivity index (χ3n) is 6.56. The monoisotopic (exact) mass is 491 g/mol. The molecular formula is C25H33N9O2. The Morgan fingerprint density at radius 3 is 2.61 bits per heavy atom. The number of likely N-dealkylation sites (N-methyl/N-ethyl adjacent to an activating group) is 1. The molecule has 4 heterocycles. The predicted octanol–water partition coefficient (Wildman–Crippen LogP) is 2.43. The average Bonchev–Trinajstić information content (AvgIpc) is 3.42. The van der Waals surface area contributed by atoms with Gasteiger partial charge in [-0.25, -0.2) is 4.98 Å². The van der Waals surface area contributed by atoms with Crippen molar-refractivity contribution in [1.82, 2.24) is 34.7 Å². The van der Waals surface area contributed by atoms with Crippen molar-refractivity contribution in [3.05, 3.63) is 52.5 Å². The number of aromatic nitrogens is 5. The second kappa shape index (κ2) is 10.1. The van der Waals surface area contributed by atoms with E-state index in [1.807, 2.05) is 24.6 Å². The van der Waals surface area contributed by atoms with E-state index < -0.39 is 0 Å². The van der Waals surface area contributed by atoms with Crippen molar-refractivity contribution < 1.29 is 9.26 Å². The molecule has 190 valence electrons. The summed E-state index contributed by atoms with van der Waals surface area (Å²) in [4.78, 5) is 13.8. The van der Waals surface area contributed by atoms with E-state index >= 15 is 0 Å². The van der Waals surface area contributed by atoms with Crippen molar-refractivity contribution in [2.45, 2.75) is 33.5 Å². The number of aryl methyl sites for hydroxylation is 2. The Morgan fingerprint density at radius 2 is 1.89 bits per heavy atom. The van der Waals surface area contributed by atoms with Crippen LogP contribution in [-0.2, 0) is 19.6 Å². The van der Waals surface area contributed by atoms with Gasteiger partial charge in [-0.05, 0) is 32.5 Å². The summed E-state index contributed by atoms with van der Waals surface area (Å²) in [6.07, 6.45) is 0. The van der Waals surface area contributed by atoms with E-state index in [9.17, 15) is 0 Å². The topological polar surface area (TPSA) is 123 Å². The Balaban J connectivity index is 1.41. The summed E-state index contributed by atoms with van der Waals surface area (Å²) in [6.45, 7) is 9.99. The molecule has 0 unspecified atom stereocenters. The minimum Gasteiger partial charge on any atom is -0.496 e. The fraction of sp³-hybridized carbons (Fsp3) is 0.440. The van der Waals surface area contributed by atoms with Crippen molar-refractivity contribution in [1.29, 1.82) is 0 Å². The van der Waals surface area contributed by atoms with Gasteiger partial charge in [0, 0.05) is 44.4 Å². The van der Waals surface area contributed by atoms with Crippen molar-refractivity contribution in [3.8, 4) is 5.75 Å². The van der Waals surface area contributed by atoms with Gasteiger partial charge in [0.2, 0.25) is 5.95 Å². The predicted molar refractivity (Wildman–Crippen MR) is 138 cm³/mol. The molecule has 4 aromatic rings. The van der Waals surface area contributed by atoms with E-state index in [0.29, 0.717) is 24.4 Å². The highest BCUT2D eigenvalue weighted by Gasteiger charge is 2.19. The number of hydrogen-bond acceptors (Lipinski definition) is 10. The van der Waals surface area contributed by atoms with E-state index in [1.54, 1.807) is 7.11 Å². The van der Waals surface area contributed by atoms with Crippen LogP contribution in [0.25, 0.3) is 11.0 Å². The summed E-state index contributed by atoms with van der Waals surface area (Å²) >= 11 is 0. The maximum Gasteiger partial charge on any atom is 0.222 e. The number of benzene rings is 1. The Hall–Kier alpha value is -3.70. The summed E-state index contributed by atoms with van der Waals surface area (Å²) in [6, 6.07) is 8.31. The summed E-state index contributed by atoms with van der Waals surface area (Å²) < 4.78 is 12.9. The number of nitrogens with zero attached hydrogens (tertiary/aromatic N) is 7. The zero-order valence-corrected chi connectivity index (χ0v) is 21.3. The number of nitrogens with one attached hydrogen (secondary N) is 1. The van der Waals surface area contributed by atoms with Crippen LogP contribution in [-0.4, -0.2) is 75.0 Å². The minimum absolute atomic E-state index is 0.190. The van der Waals surface area contributed by atoms with Crippen LogP contribution in [0.15, 0.2) is 28.8 Å². The Morgan fingerprint density at radius 1 is 1.08 bits per heavy atom. The quantitative estimate of drug-likeness (QED) is 0.380. The van der Waals surface area contributed by atoms with Gasteiger partial charge >= 0.3 is 0 Å². The van der Waals surface area contributed by atoms with Crippen LogP contribution in [0, 0.1) is 13.8 Å².